The molecule has 28 heavy (non-hydrogen) atoms. The third-order valence-corrected chi connectivity index (χ3v) is 6.33. The van der Waals surface area contributed by atoms with Gasteiger partial charge in [-0.3, -0.25) is 9.59 Å². The number of rotatable bonds is 5. The van der Waals surface area contributed by atoms with E-state index in [2.05, 4.69) is 20.2 Å². The highest BCUT2D eigenvalue weighted by molar-refractivity contribution is 7.10. The van der Waals surface area contributed by atoms with Crippen molar-refractivity contribution >= 4 is 29.1 Å². The van der Waals surface area contributed by atoms with Crippen LogP contribution in [-0.2, 0) is 16.0 Å². The molecular weight excluding hydrogens is 374 g/mol. The lowest BCUT2D eigenvalue weighted by atomic mass is 10.0. The van der Waals surface area contributed by atoms with Gasteiger partial charge in [-0.05, 0) is 43.2 Å². The van der Waals surface area contributed by atoms with Crippen LogP contribution in [0.1, 0.15) is 30.6 Å². The lowest BCUT2D eigenvalue weighted by molar-refractivity contribution is -0.138. The van der Waals surface area contributed by atoms with Crippen molar-refractivity contribution in [1.29, 1.82) is 0 Å². The van der Waals surface area contributed by atoms with Gasteiger partial charge in [0, 0.05) is 42.9 Å². The summed E-state index contributed by atoms with van der Waals surface area (Å²) in [7, 11) is 0. The number of likely N-dealkylation sites (tertiary alicyclic amines) is 1. The van der Waals surface area contributed by atoms with Crippen LogP contribution in [0.2, 0.25) is 0 Å². The molecule has 1 atom stereocenters. The van der Waals surface area contributed by atoms with Crippen LogP contribution in [-0.4, -0.2) is 58.4 Å². The second kappa shape index (κ2) is 8.68. The second-order valence-corrected chi connectivity index (χ2v) is 8.35. The quantitative estimate of drug-likeness (QED) is 0.830. The van der Waals surface area contributed by atoms with Gasteiger partial charge in [0.05, 0.1) is 6.42 Å². The predicted molar refractivity (Wildman–Crippen MR) is 108 cm³/mol. The largest absolute Gasteiger partial charge is 0.351 e. The number of piperidine rings is 1. The van der Waals surface area contributed by atoms with Crippen LogP contribution < -0.4 is 10.2 Å². The Balaban J connectivity index is 1.29. The predicted octanol–water partition coefficient (Wildman–Crippen LogP) is 1.86. The molecule has 0 aliphatic carbocycles. The Morgan fingerprint density at radius 1 is 1.11 bits per heavy atom. The van der Waals surface area contributed by atoms with Crippen molar-refractivity contribution in [3.05, 3.63) is 40.8 Å². The third kappa shape index (κ3) is 4.32. The molecule has 2 aliphatic rings. The second-order valence-electron chi connectivity index (χ2n) is 7.32. The summed E-state index contributed by atoms with van der Waals surface area (Å²) in [5, 5.41) is 5.15. The smallest absolute Gasteiger partial charge is 0.243 e. The minimum Gasteiger partial charge on any atom is -0.351 e. The van der Waals surface area contributed by atoms with Gasteiger partial charge in [0.25, 0.3) is 0 Å². The Bertz CT molecular complexity index is 790. The van der Waals surface area contributed by atoms with Crippen LogP contribution in [0.4, 0.5) is 5.95 Å². The summed E-state index contributed by atoms with van der Waals surface area (Å²) in [5.74, 6) is 0.788. The van der Waals surface area contributed by atoms with Crippen molar-refractivity contribution in [2.45, 2.75) is 44.2 Å². The van der Waals surface area contributed by atoms with Gasteiger partial charge in [-0.1, -0.05) is 6.07 Å². The first-order valence-corrected chi connectivity index (χ1v) is 10.7. The Hall–Kier alpha value is -2.48. The summed E-state index contributed by atoms with van der Waals surface area (Å²) < 4.78 is 0. The summed E-state index contributed by atoms with van der Waals surface area (Å²) in [6.45, 7) is 2.31. The first-order chi connectivity index (χ1) is 13.7. The van der Waals surface area contributed by atoms with Crippen LogP contribution in [0.5, 0.6) is 0 Å². The fraction of sp³-hybridized carbons (Fsp3) is 0.500. The van der Waals surface area contributed by atoms with Crippen molar-refractivity contribution in [2.24, 2.45) is 0 Å². The lowest BCUT2D eigenvalue weighted by Crippen LogP contribution is -2.51. The zero-order valence-electron chi connectivity index (χ0n) is 15.8. The molecule has 4 heterocycles. The number of aromatic nitrogens is 2. The maximum atomic E-state index is 12.8. The fourth-order valence-electron chi connectivity index (χ4n) is 3.98. The van der Waals surface area contributed by atoms with Crippen molar-refractivity contribution < 1.29 is 9.59 Å². The molecule has 1 N–H and O–H groups in total. The van der Waals surface area contributed by atoms with E-state index in [0.717, 1.165) is 49.6 Å². The Morgan fingerprint density at radius 3 is 2.61 bits per heavy atom. The summed E-state index contributed by atoms with van der Waals surface area (Å²) >= 11 is 1.58. The third-order valence-electron chi connectivity index (χ3n) is 5.46. The van der Waals surface area contributed by atoms with Crippen LogP contribution in [0.3, 0.4) is 0 Å². The number of carbonyl (C=O) groups is 2. The van der Waals surface area contributed by atoms with Gasteiger partial charge in [0.15, 0.2) is 0 Å². The molecule has 2 aromatic rings. The average molecular weight is 400 g/mol. The number of nitrogens with one attached hydrogen (secondary N) is 1. The number of nitrogens with zero attached hydrogens (tertiary/aromatic N) is 4. The highest BCUT2D eigenvalue weighted by atomic mass is 32.1. The van der Waals surface area contributed by atoms with Crippen LogP contribution >= 0.6 is 11.3 Å². The van der Waals surface area contributed by atoms with Gasteiger partial charge in [-0.25, -0.2) is 9.97 Å². The minimum absolute atomic E-state index is 0.00793. The maximum Gasteiger partial charge on any atom is 0.243 e. The molecule has 0 aromatic carbocycles. The first kappa shape index (κ1) is 18.9. The molecule has 2 saturated heterocycles. The molecule has 2 aromatic heterocycles. The zero-order chi connectivity index (χ0) is 19.3. The van der Waals surface area contributed by atoms with Crippen LogP contribution in [0.15, 0.2) is 36.0 Å². The number of carbonyl (C=O) groups excluding carboxylic acids is 2. The number of anilines is 1. The van der Waals surface area contributed by atoms with E-state index in [9.17, 15) is 9.59 Å². The molecule has 0 bridgehead atoms. The van der Waals surface area contributed by atoms with Crippen molar-refractivity contribution in [3.8, 4) is 0 Å². The highest BCUT2D eigenvalue weighted by Crippen LogP contribution is 2.21. The molecule has 0 saturated carbocycles. The standard InChI is InChI=1S/C20H25N5O2S/c26-18(14-16-4-2-13-28-16)25-10-1-5-17(25)19(27)23-15-6-11-24(12-7-15)20-21-8-3-9-22-20/h2-4,8-9,13,15,17H,1,5-7,10-12,14H2,(H,23,27). The van der Waals surface area contributed by atoms with Gasteiger partial charge < -0.3 is 15.1 Å². The topological polar surface area (TPSA) is 78.4 Å². The fourth-order valence-corrected chi connectivity index (χ4v) is 4.67. The summed E-state index contributed by atoms with van der Waals surface area (Å²) in [6.07, 6.45) is 7.24. The Kier molecular flexibility index (Phi) is 5.85. The van der Waals surface area contributed by atoms with Gasteiger partial charge >= 0.3 is 0 Å². The molecule has 4 rings (SSSR count). The van der Waals surface area contributed by atoms with Crippen molar-refractivity contribution in [2.75, 3.05) is 24.5 Å². The summed E-state index contributed by atoms with van der Waals surface area (Å²) in [6, 6.07) is 5.54. The van der Waals surface area contributed by atoms with Crippen LogP contribution in [0, 0.1) is 0 Å². The SMILES string of the molecule is O=C(NC1CCN(c2ncccn2)CC1)C1CCCN1C(=O)Cc1cccs1. The van der Waals surface area contributed by atoms with E-state index in [1.165, 1.54) is 0 Å². The number of hydrogen-bond acceptors (Lipinski definition) is 6. The van der Waals surface area contributed by atoms with Crippen molar-refractivity contribution in [3.63, 3.8) is 0 Å². The average Bonchev–Trinajstić information content (AvgIpc) is 3.41. The molecule has 2 amide bonds. The summed E-state index contributed by atoms with van der Waals surface area (Å²) in [5.41, 5.74) is 0. The zero-order valence-corrected chi connectivity index (χ0v) is 16.6. The van der Waals surface area contributed by atoms with E-state index in [1.807, 2.05) is 23.6 Å². The molecule has 8 heteroatoms. The molecule has 0 spiro atoms. The van der Waals surface area contributed by atoms with E-state index < -0.39 is 0 Å². The Morgan fingerprint density at radius 2 is 1.89 bits per heavy atom. The Labute approximate surface area is 168 Å². The monoisotopic (exact) mass is 399 g/mol. The lowest BCUT2D eigenvalue weighted by Gasteiger charge is -2.33. The summed E-state index contributed by atoms with van der Waals surface area (Å²) in [4.78, 5) is 39.0. The molecule has 2 aliphatic heterocycles. The van der Waals surface area contributed by atoms with E-state index in [-0.39, 0.29) is 23.9 Å². The van der Waals surface area contributed by atoms with E-state index in [0.29, 0.717) is 13.0 Å². The normalized spacial score (nSPS) is 20.4. The van der Waals surface area contributed by atoms with Crippen molar-refractivity contribution in [1.82, 2.24) is 20.2 Å². The van der Waals surface area contributed by atoms with Crippen LogP contribution in [0.25, 0.3) is 0 Å². The van der Waals surface area contributed by atoms with E-state index in [1.54, 1.807) is 28.6 Å². The number of hydrogen-bond donors (Lipinski definition) is 1. The molecule has 1 unspecified atom stereocenters. The van der Waals surface area contributed by atoms with Gasteiger partial charge in [0.2, 0.25) is 17.8 Å². The van der Waals surface area contributed by atoms with E-state index >= 15 is 0 Å². The van der Waals surface area contributed by atoms with E-state index in [4.69, 9.17) is 0 Å². The number of thiophene rings is 1. The molecular formula is C20H25N5O2S. The number of amides is 2. The highest BCUT2D eigenvalue weighted by Gasteiger charge is 2.35. The minimum atomic E-state index is -0.331. The molecule has 7 nitrogen and oxygen atoms in total. The maximum absolute atomic E-state index is 12.8. The molecule has 148 valence electrons. The first-order valence-electron chi connectivity index (χ1n) is 9.85. The van der Waals surface area contributed by atoms with Gasteiger partial charge in [0.1, 0.15) is 6.04 Å². The molecule has 0 radical (unpaired) electrons. The molecule has 2 fully saturated rings. The van der Waals surface area contributed by atoms with Gasteiger partial charge in [-0.2, -0.15) is 0 Å². The van der Waals surface area contributed by atoms with Gasteiger partial charge in [-0.15, -0.1) is 11.3 Å².